The zero-order chi connectivity index (χ0) is 13.2. The van der Waals surface area contributed by atoms with Crippen molar-refractivity contribution in [3.05, 3.63) is 0 Å². The molecule has 0 aromatic rings. The van der Waals surface area contributed by atoms with Crippen molar-refractivity contribution in [1.82, 2.24) is 10.6 Å². The van der Waals surface area contributed by atoms with Crippen LogP contribution < -0.4 is 10.6 Å². The standard InChI is InChI=1S/C14H28N2O2/c1-12-6-3-4-7-13(12)10-15-11-14(17)16-8-5-9-18-2/h12-13,15H,3-11H2,1-2H3,(H,16,17). The molecule has 1 aliphatic carbocycles. The molecule has 2 atom stereocenters. The highest BCUT2D eigenvalue weighted by Gasteiger charge is 2.20. The minimum atomic E-state index is 0.0922. The van der Waals surface area contributed by atoms with Gasteiger partial charge in [0.1, 0.15) is 0 Å². The molecule has 1 aliphatic rings. The number of hydrogen-bond acceptors (Lipinski definition) is 3. The van der Waals surface area contributed by atoms with Crippen molar-refractivity contribution in [2.45, 2.75) is 39.0 Å². The molecule has 0 bridgehead atoms. The topological polar surface area (TPSA) is 50.4 Å². The van der Waals surface area contributed by atoms with E-state index in [1.807, 2.05) is 0 Å². The van der Waals surface area contributed by atoms with Gasteiger partial charge in [-0.1, -0.05) is 26.2 Å². The summed E-state index contributed by atoms with van der Waals surface area (Å²) in [4.78, 5) is 11.5. The maximum atomic E-state index is 11.5. The Morgan fingerprint density at radius 3 is 2.83 bits per heavy atom. The third kappa shape index (κ3) is 6.36. The normalized spacial score (nSPS) is 23.9. The number of methoxy groups -OCH3 is 1. The van der Waals surface area contributed by atoms with Gasteiger partial charge < -0.3 is 15.4 Å². The van der Waals surface area contributed by atoms with Crippen molar-refractivity contribution < 1.29 is 9.53 Å². The molecule has 4 nitrogen and oxygen atoms in total. The fourth-order valence-corrected chi connectivity index (χ4v) is 2.57. The number of rotatable bonds is 8. The van der Waals surface area contributed by atoms with Gasteiger partial charge in [-0.25, -0.2) is 0 Å². The van der Waals surface area contributed by atoms with Gasteiger partial charge >= 0.3 is 0 Å². The molecule has 1 fully saturated rings. The minimum Gasteiger partial charge on any atom is -0.385 e. The molecule has 2 N–H and O–H groups in total. The second-order valence-corrected chi connectivity index (χ2v) is 5.35. The monoisotopic (exact) mass is 256 g/mol. The smallest absolute Gasteiger partial charge is 0.233 e. The van der Waals surface area contributed by atoms with E-state index in [4.69, 9.17) is 4.74 Å². The third-order valence-corrected chi connectivity index (χ3v) is 3.83. The summed E-state index contributed by atoms with van der Waals surface area (Å²) < 4.78 is 4.93. The molecule has 0 aromatic heterocycles. The molecule has 0 spiro atoms. The lowest BCUT2D eigenvalue weighted by Crippen LogP contribution is -2.38. The maximum Gasteiger partial charge on any atom is 0.233 e. The van der Waals surface area contributed by atoms with Gasteiger partial charge in [0.15, 0.2) is 0 Å². The van der Waals surface area contributed by atoms with Gasteiger partial charge in [-0.2, -0.15) is 0 Å². The van der Waals surface area contributed by atoms with Crippen LogP contribution in [0.4, 0.5) is 0 Å². The van der Waals surface area contributed by atoms with Gasteiger partial charge in [-0.3, -0.25) is 4.79 Å². The lowest BCUT2D eigenvalue weighted by molar-refractivity contribution is -0.120. The average Bonchev–Trinajstić information content (AvgIpc) is 2.37. The van der Waals surface area contributed by atoms with Gasteiger partial charge in [0.25, 0.3) is 0 Å². The number of nitrogens with one attached hydrogen (secondary N) is 2. The summed E-state index contributed by atoms with van der Waals surface area (Å²) in [5.41, 5.74) is 0. The van der Waals surface area contributed by atoms with Crippen LogP contribution in [0, 0.1) is 11.8 Å². The molecule has 0 saturated heterocycles. The van der Waals surface area contributed by atoms with Gasteiger partial charge in [-0.05, 0) is 31.2 Å². The lowest BCUT2D eigenvalue weighted by atomic mass is 9.80. The maximum absolute atomic E-state index is 11.5. The van der Waals surface area contributed by atoms with E-state index in [2.05, 4.69) is 17.6 Å². The van der Waals surface area contributed by atoms with E-state index in [1.165, 1.54) is 25.7 Å². The van der Waals surface area contributed by atoms with Crippen LogP contribution in [0.1, 0.15) is 39.0 Å². The minimum absolute atomic E-state index is 0.0922. The SMILES string of the molecule is COCCCNC(=O)CNCC1CCCCC1C. The molecule has 0 aromatic carbocycles. The molecule has 106 valence electrons. The van der Waals surface area contributed by atoms with Crippen LogP contribution in [0.5, 0.6) is 0 Å². The second-order valence-electron chi connectivity index (χ2n) is 5.35. The summed E-state index contributed by atoms with van der Waals surface area (Å²) in [6.07, 6.45) is 6.25. The third-order valence-electron chi connectivity index (χ3n) is 3.83. The first-order valence-electron chi connectivity index (χ1n) is 7.20. The van der Waals surface area contributed by atoms with Crippen LogP contribution in [0.3, 0.4) is 0 Å². The van der Waals surface area contributed by atoms with E-state index in [9.17, 15) is 4.79 Å². The van der Waals surface area contributed by atoms with Crippen LogP contribution >= 0.6 is 0 Å². The van der Waals surface area contributed by atoms with E-state index in [-0.39, 0.29) is 5.91 Å². The summed E-state index contributed by atoms with van der Waals surface area (Å²) in [7, 11) is 1.68. The van der Waals surface area contributed by atoms with Crippen LogP contribution in [-0.2, 0) is 9.53 Å². The van der Waals surface area contributed by atoms with E-state index in [1.54, 1.807) is 7.11 Å². The van der Waals surface area contributed by atoms with E-state index >= 15 is 0 Å². The highest BCUT2D eigenvalue weighted by atomic mass is 16.5. The van der Waals surface area contributed by atoms with Gasteiger partial charge in [0, 0.05) is 20.3 Å². The van der Waals surface area contributed by atoms with E-state index < -0.39 is 0 Å². The Morgan fingerprint density at radius 1 is 1.33 bits per heavy atom. The highest BCUT2D eigenvalue weighted by Crippen LogP contribution is 2.28. The average molecular weight is 256 g/mol. The predicted octanol–water partition coefficient (Wildman–Crippen LogP) is 1.55. The van der Waals surface area contributed by atoms with Crippen molar-refractivity contribution >= 4 is 5.91 Å². The van der Waals surface area contributed by atoms with Crippen molar-refractivity contribution in [2.75, 3.05) is 33.4 Å². The fraction of sp³-hybridized carbons (Fsp3) is 0.929. The first-order valence-corrected chi connectivity index (χ1v) is 7.20. The molecule has 1 amide bonds. The Kier molecular flexibility index (Phi) is 8.01. The molecule has 1 rings (SSSR count). The Hall–Kier alpha value is -0.610. The van der Waals surface area contributed by atoms with Crippen molar-refractivity contribution in [3.63, 3.8) is 0 Å². The molecule has 0 heterocycles. The van der Waals surface area contributed by atoms with Crippen molar-refractivity contribution in [2.24, 2.45) is 11.8 Å². The van der Waals surface area contributed by atoms with Crippen LogP contribution in [0.2, 0.25) is 0 Å². The number of amides is 1. The summed E-state index contributed by atoms with van der Waals surface area (Å²) >= 11 is 0. The van der Waals surface area contributed by atoms with E-state index in [0.717, 1.165) is 24.8 Å². The molecule has 1 saturated carbocycles. The first kappa shape index (κ1) is 15.4. The molecule has 4 heteroatoms. The number of carbonyl (C=O) groups is 1. The Morgan fingerprint density at radius 2 is 2.11 bits per heavy atom. The van der Waals surface area contributed by atoms with Crippen molar-refractivity contribution in [3.8, 4) is 0 Å². The molecular formula is C14H28N2O2. The number of ether oxygens (including phenoxy) is 1. The summed E-state index contributed by atoms with van der Waals surface area (Å²) in [6.45, 7) is 5.15. The van der Waals surface area contributed by atoms with Crippen LogP contribution in [-0.4, -0.2) is 39.3 Å². The molecular weight excluding hydrogens is 228 g/mol. The second kappa shape index (κ2) is 9.34. The van der Waals surface area contributed by atoms with Gasteiger partial charge in [0.05, 0.1) is 6.54 Å². The molecule has 0 aliphatic heterocycles. The zero-order valence-electron chi connectivity index (χ0n) is 11.8. The molecule has 0 radical (unpaired) electrons. The Balaban J connectivity index is 2.00. The molecule has 18 heavy (non-hydrogen) atoms. The Labute approximate surface area is 111 Å². The summed E-state index contributed by atoms with van der Waals surface area (Å²) in [5.74, 6) is 1.64. The lowest BCUT2D eigenvalue weighted by Gasteiger charge is -2.28. The molecule has 2 unspecified atom stereocenters. The largest absolute Gasteiger partial charge is 0.385 e. The van der Waals surface area contributed by atoms with Crippen molar-refractivity contribution in [1.29, 1.82) is 0 Å². The predicted molar refractivity (Wildman–Crippen MR) is 73.5 cm³/mol. The Bertz CT molecular complexity index is 234. The van der Waals surface area contributed by atoms with Gasteiger partial charge in [0.2, 0.25) is 5.91 Å². The van der Waals surface area contributed by atoms with E-state index in [0.29, 0.717) is 19.7 Å². The number of hydrogen-bond donors (Lipinski definition) is 2. The first-order chi connectivity index (χ1) is 8.74. The van der Waals surface area contributed by atoms with Crippen LogP contribution in [0.15, 0.2) is 0 Å². The summed E-state index contributed by atoms with van der Waals surface area (Å²) in [6, 6.07) is 0. The number of carbonyl (C=O) groups excluding carboxylic acids is 1. The quantitative estimate of drug-likeness (QED) is 0.648. The highest BCUT2D eigenvalue weighted by molar-refractivity contribution is 5.77. The fourth-order valence-electron chi connectivity index (χ4n) is 2.57. The summed E-state index contributed by atoms with van der Waals surface area (Å²) in [5, 5.41) is 6.17. The van der Waals surface area contributed by atoms with Crippen LogP contribution in [0.25, 0.3) is 0 Å². The zero-order valence-corrected chi connectivity index (χ0v) is 11.8. The van der Waals surface area contributed by atoms with Gasteiger partial charge in [-0.15, -0.1) is 0 Å².